The summed E-state index contributed by atoms with van der Waals surface area (Å²) in [4.78, 5) is 24.7. The number of hydrogen-bond donors (Lipinski definition) is 1. The Kier molecular flexibility index (Phi) is 2.66. The Morgan fingerprint density at radius 2 is 2.00 bits per heavy atom. The number of hydrogen-bond acceptors (Lipinski definition) is 2. The van der Waals surface area contributed by atoms with E-state index in [0.717, 1.165) is 5.56 Å². The van der Waals surface area contributed by atoms with E-state index >= 15 is 0 Å². The summed E-state index contributed by atoms with van der Waals surface area (Å²) in [6.45, 7) is 1.81. The van der Waals surface area contributed by atoms with Gasteiger partial charge in [-0.15, -0.1) is 0 Å². The van der Waals surface area contributed by atoms with E-state index in [2.05, 4.69) is 4.98 Å². The van der Waals surface area contributed by atoms with E-state index in [1.165, 1.54) is 16.8 Å². The largest absolute Gasteiger partial charge is 0.332 e. The molecule has 0 radical (unpaired) electrons. The molecule has 1 N–H and O–H groups in total. The molecule has 0 saturated carbocycles. The zero-order chi connectivity index (χ0) is 11.7. The maximum atomic E-state index is 11.6. The molecule has 0 fully saturated rings. The highest BCUT2D eigenvalue weighted by Gasteiger charge is 2.05. The van der Waals surface area contributed by atoms with E-state index in [0.29, 0.717) is 10.7 Å². The van der Waals surface area contributed by atoms with Gasteiger partial charge in [0.1, 0.15) is 0 Å². The lowest BCUT2D eigenvalue weighted by molar-refractivity contribution is 0.889. The van der Waals surface area contributed by atoms with Crippen molar-refractivity contribution in [1.82, 2.24) is 9.55 Å². The lowest BCUT2D eigenvalue weighted by atomic mass is 10.2. The van der Waals surface area contributed by atoms with Gasteiger partial charge in [-0.1, -0.05) is 17.7 Å². The molecule has 1 heterocycles. The quantitative estimate of drug-likeness (QED) is 0.816. The molecule has 16 heavy (non-hydrogen) atoms. The number of halogens is 1. The van der Waals surface area contributed by atoms with E-state index in [9.17, 15) is 9.59 Å². The maximum absolute atomic E-state index is 11.6. The summed E-state index contributed by atoms with van der Waals surface area (Å²) in [6, 6.07) is 6.56. The van der Waals surface area contributed by atoms with Gasteiger partial charge in [0.05, 0.1) is 5.69 Å². The molecule has 0 spiro atoms. The molecule has 0 amide bonds. The van der Waals surface area contributed by atoms with Crippen molar-refractivity contribution in [3.63, 3.8) is 0 Å². The number of benzene rings is 1. The van der Waals surface area contributed by atoms with Crippen molar-refractivity contribution in [3.8, 4) is 5.69 Å². The molecule has 1 aromatic carbocycles. The van der Waals surface area contributed by atoms with Crippen LogP contribution in [-0.2, 0) is 0 Å². The molecule has 2 rings (SSSR count). The number of aromatic amines is 1. The van der Waals surface area contributed by atoms with Crippen molar-refractivity contribution in [1.29, 1.82) is 0 Å². The predicted molar refractivity (Wildman–Crippen MR) is 62.4 cm³/mol. The average Bonchev–Trinajstić information content (AvgIpc) is 2.23. The summed E-state index contributed by atoms with van der Waals surface area (Å²) in [5.41, 5.74) is 0.561. The van der Waals surface area contributed by atoms with Crippen molar-refractivity contribution in [2.24, 2.45) is 0 Å². The third-order valence-corrected chi connectivity index (χ3v) is 2.73. The van der Waals surface area contributed by atoms with Crippen LogP contribution in [0.3, 0.4) is 0 Å². The van der Waals surface area contributed by atoms with Crippen LogP contribution in [0, 0.1) is 6.92 Å². The summed E-state index contributed by atoms with van der Waals surface area (Å²) in [5.74, 6) is 0. The van der Waals surface area contributed by atoms with E-state index in [4.69, 9.17) is 11.6 Å². The van der Waals surface area contributed by atoms with Crippen molar-refractivity contribution < 1.29 is 0 Å². The SMILES string of the molecule is Cc1c(Cl)cccc1-n1ccc(=O)[nH]c1=O. The van der Waals surface area contributed by atoms with Crippen LogP contribution in [-0.4, -0.2) is 9.55 Å². The molecule has 0 aliphatic rings. The van der Waals surface area contributed by atoms with Crippen LogP contribution < -0.4 is 11.2 Å². The molecule has 0 aliphatic carbocycles. The topological polar surface area (TPSA) is 54.9 Å². The van der Waals surface area contributed by atoms with Gasteiger partial charge in [0.2, 0.25) is 0 Å². The number of nitrogens with one attached hydrogen (secondary N) is 1. The Morgan fingerprint density at radius 1 is 1.25 bits per heavy atom. The zero-order valence-electron chi connectivity index (χ0n) is 8.53. The molecule has 0 bridgehead atoms. The summed E-state index contributed by atoms with van der Waals surface area (Å²) >= 11 is 5.96. The first kappa shape index (κ1) is 10.7. The second-order valence-electron chi connectivity index (χ2n) is 3.36. The first-order chi connectivity index (χ1) is 7.59. The van der Waals surface area contributed by atoms with Crippen LogP contribution in [0.5, 0.6) is 0 Å². The molecule has 0 atom stereocenters. The Balaban J connectivity index is 2.73. The maximum Gasteiger partial charge on any atom is 0.332 e. The molecule has 0 unspecified atom stereocenters. The van der Waals surface area contributed by atoms with Crippen LogP contribution >= 0.6 is 11.6 Å². The molecule has 82 valence electrons. The van der Waals surface area contributed by atoms with E-state index < -0.39 is 11.2 Å². The number of rotatable bonds is 1. The van der Waals surface area contributed by atoms with Crippen LogP contribution in [0.25, 0.3) is 5.69 Å². The summed E-state index contributed by atoms with van der Waals surface area (Å²) in [5, 5.41) is 0.579. The minimum Gasteiger partial charge on any atom is -0.274 e. The number of H-pyrrole nitrogens is 1. The van der Waals surface area contributed by atoms with Gasteiger partial charge in [-0.25, -0.2) is 4.79 Å². The van der Waals surface area contributed by atoms with E-state index in [1.54, 1.807) is 18.2 Å². The van der Waals surface area contributed by atoms with Gasteiger partial charge < -0.3 is 0 Å². The molecular formula is C11H9ClN2O2. The molecule has 5 heteroatoms. The lowest BCUT2D eigenvalue weighted by Crippen LogP contribution is -2.27. The normalized spacial score (nSPS) is 10.4. The Bertz CT molecular complexity index is 643. The van der Waals surface area contributed by atoms with Crippen molar-refractivity contribution in [2.45, 2.75) is 6.92 Å². The number of nitrogens with zero attached hydrogens (tertiary/aromatic N) is 1. The lowest BCUT2D eigenvalue weighted by Gasteiger charge is -2.08. The first-order valence-electron chi connectivity index (χ1n) is 4.67. The monoisotopic (exact) mass is 236 g/mol. The molecular weight excluding hydrogens is 228 g/mol. The molecule has 1 aromatic heterocycles. The van der Waals surface area contributed by atoms with Gasteiger partial charge >= 0.3 is 5.69 Å². The minimum absolute atomic E-state index is 0.416. The van der Waals surface area contributed by atoms with Crippen LogP contribution in [0.2, 0.25) is 5.02 Å². The summed E-state index contributed by atoms with van der Waals surface area (Å²) in [6.07, 6.45) is 1.43. The second-order valence-corrected chi connectivity index (χ2v) is 3.77. The Morgan fingerprint density at radius 3 is 2.69 bits per heavy atom. The highest BCUT2D eigenvalue weighted by Crippen LogP contribution is 2.20. The van der Waals surface area contributed by atoms with Gasteiger partial charge in [0.15, 0.2) is 0 Å². The van der Waals surface area contributed by atoms with Gasteiger partial charge in [0, 0.05) is 17.3 Å². The van der Waals surface area contributed by atoms with E-state index in [-0.39, 0.29) is 0 Å². The average molecular weight is 237 g/mol. The minimum atomic E-state index is -0.474. The fraction of sp³-hybridized carbons (Fsp3) is 0.0909. The molecule has 4 nitrogen and oxygen atoms in total. The van der Waals surface area contributed by atoms with Crippen molar-refractivity contribution in [2.75, 3.05) is 0 Å². The fourth-order valence-electron chi connectivity index (χ4n) is 1.46. The van der Waals surface area contributed by atoms with E-state index in [1.807, 2.05) is 6.92 Å². The third kappa shape index (κ3) is 1.79. The highest BCUT2D eigenvalue weighted by atomic mass is 35.5. The van der Waals surface area contributed by atoms with Crippen molar-refractivity contribution in [3.05, 3.63) is 61.9 Å². The fourth-order valence-corrected chi connectivity index (χ4v) is 1.63. The Hall–Kier alpha value is -1.81. The van der Waals surface area contributed by atoms with Crippen molar-refractivity contribution >= 4 is 11.6 Å². The van der Waals surface area contributed by atoms with Gasteiger partial charge in [-0.3, -0.25) is 14.3 Å². The highest BCUT2D eigenvalue weighted by molar-refractivity contribution is 6.31. The number of aromatic nitrogens is 2. The molecule has 0 saturated heterocycles. The zero-order valence-corrected chi connectivity index (χ0v) is 9.28. The summed E-state index contributed by atoms with van der Waals surface area (Å²) < 4.78 is 1.35. The van der Waals surface area contributed by atoms with Gasteiger partial charge in [-0.05, 0) is 24.6 Å². The second kappa shape index (κ2) is 3.98. The Labute approximate surface area is 96.1 Å². The summed E-state index contributed by atoms with van der Waals surface area (Å²) in [7, 11) is 0. The predicted octanol–water partition coefficient (Wildman–Crippen LogP) is 1.49. The van der Waals surface area contributed by atoms with Crippen LogP contribution in [0.4, 0.5) is 0 Å². The van der Waals surface area contributed by atoms with Gasteiger partial charge in [-0.2, -0.15) is 0 Å². The van der Waals surface area contributed by atoms with Gasteiger partial charge in [0.25, 0.3) is 5.56 Å². The molecule has 0 aliphatic heterocycles. The smallest absolute Gasteiger partial charge is 0.274 e. The standard InChI is InChI=1S/C11H9ClN2O2/c1-7-8(12)3-2-4-9(7)14-6-5-10(15)13-11(14)16/h2-6H,1H3,(H,13,15,16). The van der Waals surface area contributed by atoms with Crippen LogP contribution in [0.15, 0.2) is 40.1 Å². The first-order valence-corrected chi connectivity index (χ1v) is 5.05. The van der Waals surface area contributed by atoms with Crippen LogP contribution in [0.1, 0.15) is 5.56 Å². The third-order valence-electron chi connectivity index (χ3n) is 2.32. The molecule has 2 aromatic rings.